The molecular formula is C28H46NOPS. The minimum absolute atomic E-state index is 0.0257. The third-order valence-corrected chi connectivity index (χ3v) is 17.1. The number of allylic oxidation sites excluding steroid dienone is 1. The largest absolute Gasteiger partial charge is 0.478 e. The maximum atomic E-state index is 7.11. The Labute approximate surface area is 202 Å². The number of nitrogens with zero attached hydrogens (tertiary/aromatic N) is 1. The molecule has 3 fully saturated rings. The molecule has 0 spiro atoms. The molecule has 32 heavy (non-hydrogen) atoms. The van der Waals surface area contributed by atoms with Crippen molar-refractivity contribution < 1.29 is 4.74 Å². The van der Waals surface area contributed by atoms with Gasteiger partial charge in [-0.15, -0.1) is 0 Å². The third kappa shape index (κ3) is 3.37. The van der Waals surface area contributed by atoms with Gasteiger partial charge in [-0.2, -0.15) is 0 Å². The van der Waals surface area contributed by atoms with E-state index < -0.39 is 6.04 Å². The summed E-state index contributed by atoms with van der Waals surface area (Å²) in [6, 6.07) is -1.42. The molecule has 3 saturated carbocycles. The predicted octanol–water partition coefficient (Wildman–Crippen LogP) is 8.29. The maximum absolute atomic E-state index is 7.11. The number of ether oxygens (including phenoxy) is 1. The van der Waals surface area contributed by atoms with E-state index in [0.29, 0.717) is 5.92 Å². The van der Waals surface area contributed by atoms with E-state index in [2.05, 4.69) is 40.7 Å². The monoisotopic (exact) mass is 475 g/mol. The first-order valence-electron chi connectivity index (χ1n) is 13.6. The quantitative estimate of drug-likeness (QED) is 0.381. The molecule has 0 saturated heterocycles. The highest BCUT2D eigenvalue weighted by molar-refractivity contribution is 8.17. The first kappa shape index (κ1) is 23.6. The van der Waals surface area contributed by atoms with Gasteiger partial charge in [0.05, 0.1) is 11.5 Å². The van der Waals surface area contributed by atoms with Gasteiger partial charge in [0.2, 0.25) is 0 Å². The summed E-state index contributed by atoms with van der Waals surface area (Å²) in [5.41, 5.74) is 1.85. The summed E-state index contributed by atoms with van der Waals surface area (Å²) < 4.78 is 6.61. The standard InChI is InChI=1S/C28H46NOPS/c1-26(2,3)23-19-30-25(29-23)28-17-16-20(27(28,4)5)18-24(28)31(32,21-12-8-6-9-13-21)22-14-10-7-11-15-22/h18,20-23H,6-17,19H2,1-5H3/t20-,23-,28-/m1/s1. The average Bonchev–Trinajstić information content (AvgIpc) is 3.44. The van der Waals surface area contributed by atoms with Crippen LogP contribution in [0.3, 0.4) is 0 Å². The predicted molar refractivity (Wildman–Crippen MR) is 142 cm³/mol. The zero-order valence-corrected chi connectivity index (χ0v) is 23.0. The van der Waals surface area contributed by atoms with Crippen LogP contribution in [0.1, 0.15) is 112 Å². The Morgan fingerprint density at radius 1 is 0.938 bits per heavy atom. The Morgan fingerprint density at radius 2 is 1.50 bits per heavy atom. The number of hydrogen-bond acceptors (Lipinski definition) is 3. The number of hydrogen-bond donors (Lipinski definition) is 0. The molecule has 5 rings (SSSR count). The van der Waals surface area contributed by atoms with Crippen molar-refractivity contribution in [3.63, 3.8) is 0 Å². The minimum Gasteiger partial charge on any atom is -0.478 e. The topological polar surface area (TPSA) is 21.6 Å². The van der Waals surface area contributed by atoms with Crippen LogP contribution in [0.4, 0.5) is 0 Å². The molecule has 0 N–H and O–H groups in total. The Bertz CT molecular complexity index is 818. The van der Waals surface area contributed by atoms with E-state index in [9.17, 15) is 0 Å². The summed E-state index contributed by atoms with van der Waals surface area (Å²) in [5, 5.41) is 1.72. The molecule has 180 valence electrons. The average molecular weight is 476 g/mol. The lowest BCUT2D eigenvalue weighted by Gasteiger charge is -2.49. The lowest BCUT2D eigenvalue weighted by Crippen LogP contribution is -2.43. The second-order valence-corrected chi connectivity index (χ2v) is 18.4. The van der Waals surface area contributed by atoms with Crippen molar-refractivity contribution in [1.82, 2.24) is 0 Å². The van der Waals surface area contributed by atoms with Gasteiger partial charge in [-0.25, -0.2) is 4.99 Å². The highest BCUT2D eigenvalue weighted by Crippen LogP contribution is 2.80. The zero-order chi connectivity index (χ0) is 22.8. The summed E-state index contributed by atoms with van der Waals surface area (Å²) >= 11 is 7.11. The van der Waals surface area contributed by atoms with Crippen molar-refractivity contribution in [3.8, 4) is 0 Å². The molecule has 4 aliphatic carbocycles. The van der Waals surface area contributed by atoms with E-state index in [1.54, 1.807) is 5.31 Å². The first-order valence-corrected chi connectivity index (χ1v) is 16.6. The normalized spacial score (nSPS) is 36.2. The fourth-order valence-electron chi connectivity index (χ4n) is 8.03. The van der Waals surface area contributed by atoms with Gasteiger partial charge in [-0.1, -0.05) is 91.0 Å². The van der Waals surface area contributed by atoms with Crippen molar-refractivity contribution in [2.45, 2.75) is 129 Å². The molecule has 0 aromatic rings. The molecule has 0 radical (unpaired) electrons. The number of fused-ring (bicyclic) bond motifs is 2. The van der Waals surface area contributed by atoms with Crippen LogP contribution in [0.15, 0.2) is 16.4 Å². The van der Waals surface area contributed by atoms with E-state index in [-0.39, 0.29) is 22.3 Å². The highest BCUT2D eigenvalue weighted by Gasteiger charge is 2.67. The molecule has 0 amide bonds. The smallest absolute Gasteiger partial charge is 0.195 e. The van der Waals surface area contributed by atoms with Crippen molar-refractivity contribution in [3.05, 3.63) is 11.4 Å². The molecule has 0 aromatic heterocycles. The Kier molecular flexibility index (Phi) is 6.06. The molecule has 0 aromatic carbocycles. The SMILES string of the molecule is CC(C)(C)[C@H]1COC([C@@]23CC[C@H](C=C2P(=S)(C2CCCCC2)C2CCCCC2)C3(C)C)=N1. The summed E-state index contributed by atoms with van der Waals surface area (Å²) in [4.78, 5) is 5.39. The molecule has 0 unspecified atom stereocenters. The summed E-state index contributed by atoms with van der Waals surface area (Å²) in [5.74, 6) is 1.74. The van der Waals surface area contributed by atoms with Crippen LogP contribution in [0.2, 0.25) is 0 Å². The fourth-order valence-corrected chi connectivity index (χ4v) is 15.1. The second-order valence-electron chi connectivity index (χ2n) is 13.2. The first-order chi connectivity index (χ1) is 15.1. The fraction of sp³-hybridized carbons (Fsp3) is 0.893. The van der Waals surface area contributed by atoms with Crippen LogP contribution in [-0.4, -0.2) is 29.9 Å². The molecule has 2 nitrogen and oxygen atoms in total. The highest BCUT2D eigenvalue weighted by atomic mass is 32.4. The van der Waals surface area contributed by atoms with Crippen molar-refractivity contribution in [2.75, 3.05) is 6.61 Å². The molecule has 3 atom stereocenters. The van der Waals surface area contributed by atoms with E-state index in [0.717, 1.165) is 23.8 Å². The maximum Gasteiger partial charge on any atom is 0.195 e. The van der Waals surface area contributed by atoms with Gasteiger partial charge in [0.15, 0.2) is 5.90 Å². The number of aliphatic imine (C=N–C) groups is 1. The summed E-state index contributed by atoms with van der Waals surface area (Å²) in [6.07, 6.45) is 19.2. The molecule has 4 heteroatoms. The second kappa shape index (κ2) is 8.22. The van der Waals surface area contributed by atoms with E-state index in [1.165, 1.54) is 77.0 Å². The van der Waals surface area contributed by atoms with Crippen molar-refractivity contribution in [1.29, 1.82) is 0 Å². The van der Waals surface area contributed by atoms with Crippen LogP contribution in [0.25, 0.3) is 0 Å². The zero-order valence-electron chi connectivity index (χ0n) is 21.3. The van der Waals surface area contributed by atoms with E-state index in [4.69, 9.17) is 21.5 Å². The van der Waals surface area contributed by atoms with Gasteiger partial charge in [0.25, 0.3) is 0 Å². The van der Waals surface area contributed by atoms with Crippen molar-refractivity contribution in [2.24, 2.45) is 27.2 Å². The van der Waals surface area contributed by atoms with Crippen LogP contribution in [0, 0.1) is 22.2 Å². The minimum atomic E-state index is -1.68. The molecular weight excluding hydrogens is 429 g/mol. The third-order valence-electron chi connectivity index (χ3n) is 10.3. The van der Waals surface area contributed by atoms with Gasteiger partial charge in [0, 0.05) is 0 Å². The van der Waals surface area contributed by atoms with Crippen molar-refractivity contribution >= 4 is 23.7 Å². The lowest BCUT2D eigenvalue weighted by atomic mass is 9.68. The molecule has 2 bridgehead atoms. The van der Waals surface area contributed by atoms with Crippen LogP contribution in [0.5, 0.6) is 0 Å². The Balaban J connectivity index is 1.62. The van der Waals surface area contributed by atoms with Crippen LogP contribution >= 0.6 is 6.04 Å². The van der Waals surface area contributed by atoms with Gasteiger partial charge in [-0.05, 0) is 77.9 Å². The summed E-state index contributed by atoms with van der Waals surface area (Å²) in [6.45, 7) is 12.7. The van der Waals surface area contributed by atoms with E-state index >= 15 is 0 Å². The van der Waals surface area contributed by atoms with Crippen LogP contribution < -0.4 is 0 Å². The molecule has 1 aliphatic heterocycles. The van der Waals surface area contributed by atoms with Gasteiger partial charge >= 0.3 is 0 Å². The van der Waals surface area contributed by atoms with Gasteiger partial charge in [0.1, 0.15) is 6.61 Å². The Morgan fingerprint density at radius 3 is 1.97 bits per heavy atom. The number of rotatable bonds is 4. The van der Waals surface area contributed by atoms with Gasteiger partial charge in [-0.3, -0.25) is 0 Å². The summed E-state index contributed by atoms with van der Waals surface area (Å²) in [7, 11) is 0. The Hall–Kier alpha value is -0.140. The lowest BCUT2D eigenvalue weighted by molar-refractivity contribution is 0.174. The van der Waals surface area contributed by atoms with Gasteiger partial charge < -0.3 is 4.74 Å². The van der Waals surface area contributed by atoms with Crippen LogP contribution in [-0.2, 0) is 16.5 Å². The van der Waals surface area contributed by atoms with E-state index in [1.807, 2.05) is 0 Å². The molecule has 1 heterocycles. The molecule has 5 aliphatic rings.